The lowest BCUT2D eigenvalue weighted by molar-refractivity contribution is 0.0950. The van der Waals surface area contributed by atoms with E-state index in [1.54, 1.807) is 24.2 Å². The average Bonchev–Trinajstić information content (AvgIpc) is 3.26. The summed E-state index contributed by atoms with van der Waals surface area (Å²) in [4.78, 5) is 21.6. The molecular weight excluding hydrogens is 354 g/mol. The van der Waals surface area contributed by atoms with E-state index in [9.17, 15) is 4.79 Å². The van der Waals surface area contributed by atoms with Crippen LogP contribution >= 0.6 is 0 Å². The number of rotatable bonds is 5. The first kappa shape index (κ1) is 17.7. The van der Waals surface area contributed by atoms with E-state index in [-0.39, 0.29) is 5.91 Å². The lowest BCUT2D eigenvalue weighted by Crippen LogP contribution is -2.24. The van der Waals surface area contributed by atoms with Crippen LogP contribution in [0.15, 0.2) is 61.1 Å². The molecule has 1 aromatic carbocycles. The summed E-state index contributed by atoms with van der Waals surface area (Å²) < 4.78 is 6.93. The van der Waals surface area contributed by atoms with Crippen molar-refractivity contribution in [2.75, 3.05) is 7.11 Å². The van der Waals surface area contributed by atoms with Gasteiger partial charge in [-0.15, -0.1) is 0 Å². The van der Waals surface area contributed by atoms with Crippen molar-refractivity contribution < 1.29 is 9.53 Å². The first-order chi connectivity index (χ1) is 13.6. The van der Waals surface area contributed by atoms with E-state index in [2.05, 4.69) is 20.4 Å². The van der Waals surface area contributed by atoms with Crippen LogP contribution in [0.1, 0.15) is 21.6 Å². The minimum Gasteiger partial charge on any atom is -0.497 e. The van der Waals surface area contributed by atoms with Crippen LogP contribution in [-0.4, -0.2) is 32.8 Å². The van der Waals surface area contributed by atoms with Crippen LogP contribution in [0.5, 0.6) is 5.75 Å². The number of pyridine rings is 2. The number of methoxy groups -OCH3 is 1. The summed E-state index contributed by atoms with van der Waals surface area (Å²) in [6.45, 7) is 2.21. The van der Waals surface area contributed by atoms with Gasteiger partial charge in [0, 0.05) is 30.5 Å². The van der Waals surface area contributed by atoms with Crippen molar-refractivity contribution in [3.63, 3.8) is 0 Å². The molecule has 0 spiro atoms. The Hall–Kier alpha value is -3.74. The number of carbonyl (C=O) groups is 1. The smallest absolute Gasteiger partial charge is 0.253 e. The van der Waals surface area contributed by atoms with Gasteiger partial charge in [-0.1, -0.05) is 6.07 Å². The Bertz CT molecular complexity index is 1120. The molecule has 0 aliphatic rings. The summed E-state index contributed by atoms with van der Waals surface area (Å²) in [7, 11) is 1.61. The monoisotopic (exact) mass is 373 g/mol. The maximum absolute atomic E-state index is 12.7. The largest absolute Gasteiger partial charge is 0.497 e. The van der Waals surface area contributed by atoms with E-state index in [0.29, 0.717) is 17.8 Å². The fourth-order valence-corrected chi connectivity index (χ4v) is 2.95. The van der Waals surface area contributed by atoms with Crippen LogP contribution < -0.4 is 10.1 Å². The molecule has 0 atom stereocenters. The predicted molar refractivity (Wildman–Crippen MR) is 106 cm³/mol. The summed E-state index contributed by atoms with van der Waals surface area (Å²) in [5.74, 6) is 1.28. The van der Waals surface area contributed by atoms with Gasteiger partial charge in [0.05, 0.1) is 23.9 Å². The van der Waals surface area contributed by atoms with Crippen LogP contribution in [-0.2, 0) is 6.54 Å². The van der Waals surface area contributed by atoms with Crippen molar-refractivity contribution in [1.29, 1.82) is 0 Å². The maximum Gasteiger partial charge on any atom is 0.253 e. The molecule has 28 heavy (non-hydrogen) atoms. The zero-order valence-corrected chi connectivity index (χ0v) is 15.6. The number of nitrogens with zero attached hydrogens (tertiary/aromatic N) is 4. The van der Waals surface area contributed by atoms with Gasteiger partial charge in [-0.25, -0.2) is 9.67 Å². The van der Waals surface area contributed by atoms with E-state index in [4.69, 9.17) is 4.74 Å². The number of benzene rings is 1. The van der Waals surface area contributed by atoms with E-state index >= 15 is 0 Å². The molecule has 7 nitrogen and oxygen atoms in total. The van der Waals surface area contributed by atoms with Crippen molar-refractivity contribution in [2.24, 2.45) is 0 Å². The molecule has 3 aromatic heterocycles. The highest BCUT2D eigenvalue weighted by Gasteiger charge is 2.12. The molecule has 1 amide bonds. The highest BCUT2D eigenvalue weighted by molar-refractivity contribution is 5.98. The third kappa shape index (κ3) is 3.55. The molecule has 0 unspecified atom stereocenters. The molecule has 0 radical (unpaired) electrons. The summed E-state index contributed by atoms with van der Waals surface area (Å²) in [5.41, 5.74) is 2.95. The van der Waals surface area contributed by atoms with E-state index in [1.807, 2.05) is 55.6 Å². The fourth-order valence-electron chi connectivity index (χ4n) is 2.95. The number of ether oxygens (including phenoxy) is 1. The van der Waals surface area contributed by atoms with Crippen molar-refractivity contribution >= 4 is 16.8 Å². The van der Waals surface area contributed by atoms with Crippen molar-refractivity contribution in [2.45, 2.75) is 13.5 Å². The highest BCUT2D eigenvalue weighted by atomic mass is 16.5. The standard InChI is InChI=1S/C21H19N5O2/c1-14-18(11-16-10-17(28-2)5-6-19(16)25-14)21(27)23-13-15-4-7-20(22-12-15)26-9-3-8-24-26/h3-12H,13H2,1-2H3,(H,23,27). The molecule has 0 saturated carbocycles. The first-order valence-corrected chi connectivity index (χ1v) is 8.82. The van der Waals surface area contributed by atoms with Gasteiger partial charge < -0.3 is 10.1 Å². The number of nitrogens with one attached hydrogen (secondary N) is 1. The van der Waals surface area contributed by atoms with Gasteiger partial charge in [-0.3, -0.25) is 9.78 Å². The molecule has 0 bridgehead atoms. The van der Waals surface area contributed by atoms with Crippen LogP contribution in [0.25, 0.3) is 16.7 Å². The Morgan fingerprint density at radius 3 is 2.82 bits per heavy atom. The third-order valence-electron chi connectivity index (χ3n) is 4.46. The number of aromatic nitrogens is 4. The zero-order chi connectivity index (χ0) is 19.5. The highest BCUT2D eigenvalue weighted by Crippen LogP contribution is 2.22. The Balaban J connectivity index is 1.49. The quantitative estimate of drug-likeness (QED) is 0.581. The van der Waals surface area contributed by atoms with Gasteiger partial charge in [0.2, 0.25) is 0 Å². The van der Waals surface area contributed by atoms with E-state index in [1.165, 1.54) is 0 Å². The molecule has 3 heterocycles. The number of aryl methyl sites for hydroxylation is 1. The van der Waals surface area contributed by atoms with E-state index < -0.39 is 0 Å². The van der Waals surface area contributed by atoms with Crippen LogP contribution in [0.3, 0.4) is 0 Å². The first-order valence-electron chi connectivity index (χ1n) is 8.82. The van der Waals surface area contributed by atoms with Crippen molar-refractivity contribution in [3.8, 4) is 11.6 Å². The van der Waals surface area contributed by atoms with Crippen LogP contribution in [0.2, 0.25) is 0 Å². The predicted octanol–water partition coefficient (Wildman–Crippen LogP) is 3.06. The molecule has 1 N–H and O–H groups in total. The average molecular weight is 373 g/mol. The molecule has 0 saturated heterocycles. The summed E-state index contributed by atoms with van der Waals surface area (Å²) >= 11 is 0. The SMILES string of the molecule is COc1ccc2nc(C)c(C(=O)NCc3ccc(-n4cccn4)nc3)cc2c1. The van der Waals surface area contributed by atoms with Gasteiger partial charge in [0.25, 0.3) is 5.91 Å². The molecular formula is C21H19N5O2. The molecule has 0 aliphatic carbocycles. The normalized spacial score (nSPS) is 10.8. The number of fused-ring (bicyclic) bond motifs is 1. The number of carbonyl (C=O) groups excluding carboxylic acids is 1. The number of hydrogen-bond acceptors (Lipinski definition) is 5. The van der Waals surface area contributed by atoms with Gasteiger partial charge in [-0.2, -0.15) is 5.10 Å². The molecule has 7 heteroatoms. The minimum atomic E-state index is -0.175. The van der Waals surface area contributed by atoms with Crippen LogP contribution in [0, 0.1) is 6.92 Å². The molecule has 4 aromatic rings. The lowest BCUT2D eigenvalue weighted by Gasteiger charge is -2.10. The van der Waals surface area contributed by atoms with Crippen molar-refractivity contribution in [1.82, 2.24) is 25.1 Å². The Morgan fingerprint density at radius 2 is 2.11 bits per heavy atom. The van der Waals surface area contributed by atoms with Gasteiger partial charge in [-0.05, 0) is 48.9 Å². The Kier molecular flexibility index (Phi) is 4.72. The topological polar surface area (TPSA) is 81.9 Å². The van der Waals surface area contributed by atoms with Crippen molar-refractivity contribution in [3.05, 3.63) is 77.9 Å². The fraction of sp³-hybridized carbons (Fsp3) is 0.143. The molecule has 0 fully saturated rings. The molecule has 4 rings (SSSR count). The Labute approximate surface area is 162 Å². The minimum absolute atomic E-state index is 0.175. The summed E-state index contributed by atoms with van der Waals surface area (Å²) in [6, 6.07) is 13.1. The second kappa shape index (κ2) is 7.48. The molecule has 140 valence electrons. The summed E-state index contributed by atoms with van der Waals surface area (Å²) in [5, 5.41) is 7.94. The Morgan fingerprint density at radius 1 is 1.21 bits per heavy atom. The lowest BCUT2D eigenvalue weighted by atomic mass is 10.1. The second-order valence-electron chi connectivity index (χ2n) is 6.34. The van der Waals surface area contributed by atoms with Gasteiger partial charge in [0.15, 0.2) is 5.82 Å². The van der Waals surface area contributed by atoms with Crippen LogP contribution in [0.4, 0.5) is 0 Å². The maximum atomic E-state index is 12.7. The second-order valence-corrected chi connectivity index (χ2v) is 6.34. The molecule has 0 aliphatic heterocycles. The van der Waals surface area contributed by atoms with Gasteiger partial charge in [0.1, 0.15) is 5.75 Å². The number of amides is 1. The number of hydrogen-bond donors (Lipinski definition) is 1. The summed E-state index contributed by atoms with van der Waals surface area (Å²) in [6.07, 6.45) is 5.26. The van der Waals surface area contributed by atoms with E-state index in [0.717, 1.165) is 28.0 Å². The zero-order valence-electron chi connectivity index (χ0n) is 15.6. The third-order valence-corrected chi connectivity index (χ3v) is 4.46. The van der Waals surface area contributed by atoms with Gasteiger partial charge >= 0.3 is 0 Å².